The van der Waals surface area contributed by atoms with E-state index in [1.807, 2.05) is 0 Å². The number of ether oxygens (including phenoxy) is 1. The van der Waals surface area contributed by atoms with Crippen LogP contribution < -0.4 is 5.32 Å². The summed E-state index contributed by atoms with van der Waals surface area (Å²) in [6.45, 7) is 5.45. The Labute approximate surface area is 107 Å². The second-order valence-electron chi connectivity index (χ2n) is 6.26. The largest absolute Gasteiger partial charge is 0.375 e. The molecule has 1 atom stereocenters. The molecule has 2 fully saturated rings. The highest BCUT2D eigenvalue weighted by atomic mass is 16.5. The lowest BCUT2D eigenvalue weighted by molar-refractivity contribution is -0.119. The summed E-state index contributed by atoms with van der Waals surface area (Å²) in [5, 5.41) is 3.42. The van der Waals surface area contributed by atoms with E-state index in [1.165, 1.54) is 44.9 Å². The molecule has 17 heavy (non-hydrogen) atoms. The molecule has 0 aromatic rings. The standard InChI is InChI=1S/C14H26BNO/c1-13(6-9-16-10-8-15)7-11-17-14(12-13)4-2-3-5-14/h16H,2-12H2,1H3/t13-/m0/s1. The first-order valence-electron chi connectivity index (χ1n) is 7.23. The zero-order chi connectivity index (χ0) is 12.2. The Morgan fingerprint density at radius 3 is 2.65 bits per heavy atom. The van der Waals surface area contributed by atoms with Gasteiger partial charge in [0.2, 0.25) is 0 Å². The fourth-order valence-electron chi connectivity index (χ4n) is 3.60. The summed E-state index contributed by atoms with van der Waals surface area (Å²) in [4.78, 5) is 0. The Morgan fingerprint density at radius 1 is 1.18 bits per heavy atom. The summed E-state index contributed by atoms with van der Waals surface area (Å²) in [7, 11) is 5.49. The minimum absolute atomic E-state index is 0.251. The molecular weight excluding hydrogens is 209 g/mol. The monoisotopic (exact) mass is 235 g/mol. The molecule has 0 unspecified atom stereocenters. The number of hydrogen-bond donors (Lipinski definition) is 1. The normalized spacial score (nSPS) is 32.1. The lowest BCUT2D eigenvalue weighted by Gasteiger charge is -2.45. The van der Waals surface area contributed by atoms with E-state index in [0.29, 0.717) is 5.41 Å². The van der Waals surface area contributed by atoms with Gasteiger partial charge in [0.15, 0.2) is 0 Å². The van der Waals surface area contributed by atoms with Gasteiger partial charge in [0.1, 0.15) is 0 Å². The van der Waals surface area contributed by atoms with Crippen LogP contribution in [-0.4, -0.2) is 33.1 Å². The van der Waals surface area contributed by atoms with Crippen molar-refractivity contribution in [1.82, 2.24) is 5.32 Å². The highest BCUT2D eigenvalue weighted by Crippen LogP contribution is 2.48. The fraction of sp³-hybridized carbons (Fsp3) is 1.00. The molecule has 1 aliphatic heterocycles. The predicted octanol–water partition coefficient (Wildman–Crippen LogP) is 2.68. The Kier molecular flexibility index (Phi) is 4.54. The molecule has 1 saturated heterocycles. The van der Waals surface area contributed by atoms with Crippen LogP contribution >= 0.6 is 0 Å². The topological polar surface area (TPSA) is 21.3 Å². The fourth-order valence-corrected chi connectivity index (χ4v) is 3.60. The maximum Gasteiger partial charge on any atom is 0.0687 e. The van der Waals surface area contributed by atoms with E-state index in [2.05, 4.69) is 12.2 Å². The van der Waals surface area contributed by atoms with Crippen molar-refractivity contribution in [2.75, 3.05) is 19.7 Å². The summed E-state index contributed by atoms with van der Waals surface area (Å²) < 4.78 is 6.11. The SMILES string of the molecule is [B]CCNCC[C@@]1(C)CCOC2(CCCC2)C1. The van der Waals surface area contributed by atoms with Crippen LogP contribution in [0.1, 0.15) is 51.9 Å². The molecule has 96 valence electrons. The van der Waals surface area contributed by atoms with E-state index in [4.69, 9.17) is 12.6 Å². The Hall–Kier alpha value is -0.0151. The van der Waals surface area contributed by atoms with E-state index < -0.39 is 0 Å². The molecule has 2 rings (SSSR count). The van der Waals surface area contributed by atoms with E-state index in [9.17, 15) is 0 Å². The zero-order valence-corrected chi connectivity index (χ0v) is 11.3. The molecule has 1 saturated carbocycles. The van der Waals surface area contributed by atoms with Gasteiger partial charge in [0.05, 0.1) is 13.4 Å². The average molecular weight is 235 g/mol. The molecule has 0 bridgehead atoms. The van der Waals surface area contributed by atoms with Crippen molar-refractivity contribution < 1.29 is 4.74 Å². The van der Waals surface area contributed by atoms with Crippen LogP contribution in [0.15, 0.2) is 0 Å². The molecule has 1 spiro atoms. The molecule has 2 aliphatic rings. The van der Waals surface area contributed by atoms with E-state index in [1.54, 1.807) is 0 Å². The third-order valence-corrected chi connectivity index (χ3v) is 4.60. The highest BCUT2D eigenvalue weighted by molar-refractivity contribution is 6.08. The number of nitrogens with one attached hydrogen (secondary N) is 1. The molecule has 0 amide bonds. The molecule has 1 N–H and O–H groups in total. The summed E-state index contributed by atoms with van der Waals surface area (Å²) >= 11 is 0. The molecule has 3 heteroatoms. The van der Waals surface area contributed by atoms with Gasteiger partial charge in [-0.05, 0) is 50.6 Å². The first kappa shape index (κ1) is 13.4. The van der Waals surface area contributed by atoms with Crippen LogP contribution in [0, 0.1) is 5.41 Å². The van der Waals surface area contributed by atoms with Crippen molar-refractivity contribution in [1.29, 1.82) is 0 Å². The summed E-state index contributed by atoms with van der Waals surface area (Å²) in [5.74, 6) is 0. The minimum atomic E-state index is 0.251. The number of hydrogen-bond acceptors (Lipinski definition) is 2. The average Bonchev–Trinajstić information content (AvgIpc) is 2.72. The third kappa shape index (κ3) is 3.48. The predicted molar refractivity (Wildman–Crippen MR) is 72.5 cm³/mol. The van der Waals surface area contributed by atoms with E-state index >= 15 is 0 Å². The van der Waals surface area contributed by atoms with Crippen LogP contribution in [-0.2, 0) is 4.74 Å². The van der Waals surface area contributed by atoms with Crippen LogP contribution in [0.5, 0.6) is 0 Å². The molecule has 1 aliphatic carbocycles. The van der Waals surface area contributed by atoms with Gasteiger partial charge in [-0.1, -0.05) is 26.1 Å². The molecule has 1 heterocycles. The Balaban J connectivity index is 1.82. The van der Waals surface area contributed by atoms with Gasteiger partial charge in [-0.15, -0.1) is 0 Å². The lowest BCUT2D eigenvalue weighted by atomic mass is 9.71. The smallest absolute Gasteiger partial charge is 0.0687 e. The van der Waals surface area contributed by atoms with E-state index in [-0.39, 0.29) is 5.60 Å². The second kappa shape index (κ2) is 5.75. The van der Waals surface area contributed by atoms with Crippen molar-refractivity contribution in [3.63, 3.8) is 0 Å². The van der Waals surface area contributed by atoms with Gasteiger partial charge >= 0.3 is 0 Å². The van der Waals surface area contributed by atoms with Crippen molar-refractivity contribution in [3.05, 3.63) is 0 Å². The first-order valence-corrected chi connectivity index (χ1v) is 7.23. The van der Waals surface area contributed by atoms with Gasteiger partial charge in [0.25, 0.3) is 0 Å². The van der Waals surface area contributed by atoms with Crippen LogP contribution in [0.2, 0.25) is 6.32 Å². The van der Waals surface area contributed by atoms with Gasteiger partial charge < -0.3 is 10.1 Å². The molecular formula is C14H26BNO. The Bertz CT molecular complexity index is 240. The van der Waals surface area contributed by atoms with Crippen molar-refractivity contribution in [2.45, 2.75) is 63.8 Å². The Morgan fingerprint density at radius 2 is 1.94 bits per heavy atom. The second-order valence-corrected chi connectivity index (χ2v) is 6.26. The van der Waals surface area contributed by atoms with Crippen LogP contribution in [0.25, 0.3) is 0 Å². The van der Waals surface area contributed by atoms with Crippen LogP contribution in [0.3, 0.4) is 0 Å². The highest BCUT2D eigenvalue weighted by Gasteiger charge is 2.44. The quantitative estimate of drug-likeness (QED) is 0.584. The van der Waals surface area contributed by atoms with Crippen molar-refractivity contribution in [3.8, 4) is 0 Å². The van der Waals surface area contributed by atoms with Crippen molar-refractivity contribution in [2.24, 2.45) is 5.41 Å². The minimum Gasteiger partial charge on any atom is -0.375 e. The first-order chi connectivity index (χ1) is 8.18. The molecule has 0 aromatic heterocycles. The van der Waals surface area contributed by atoms with E-state index in [0.717, 1.165) is 26.0 Å². The zero-order valence-electron chi connectivity index (χ0n) is 11.3. The summed E-state index contributed by atoms with van der Waals surface area (Å²) in [6, 6.07) is 0. The van der Waals surface area contributed by atoms with Gasteiger partial charge in [-0.25, -0.2) is 0 Å². The summed E-state index contributed by atoms with van der Waals surface area (Å²) in [6.07, 6.45) is 9.80. The third-order valence-electron chi connectivity index (χ3n) is 4.60. The maximum atomic E-state index is 6.11. The van der Waals surface area contributed by atoms with Crippen molar-refractivity contribution >= 4 is 7.85 Å². The summed E-state index contributed by atoms with van der Waals surface area (Å²) in [5.41, 5.74) is 0.727. The molecule has 0 aromatic carbocycles. The van der Waals surface area contributed by atoms with Crippen LogP contribution in [0.4, 0.5) is 0 Å². The molecule has 2 radical (unpaired) electrons. The van der Waals surface area contributed by atoms with Gasteiger partial charge in [-0.2, -0.15) is 0 Å². The molecule has 2 nitrogen and oxygen atoms in total. The maximum absolute atomic E-state index is 6.11. The number of rotatable bonds is 5. The van der Waals surface area contributed by atoms with Gasteiger partial charge in [0, 0.05) is 6.61 Å². The van der Waals surface area contributed by atoms with Gasteiger partial charge in [-0.3, -0.25) is 0 Å². The lowest BCUT2D eigenvalue weighted by Crippen LogP contribution is -2.43.